The molecule has 1 radical (unpaired) electrons. The Balaban J connectivity index is 0.000000286. The molecule has 0 aliphatic heterocycles. The first-order valence-electron chi connectivity index (χ1n) is 14.3. The molecule has 0 aliphatic carbocycles. The fourth-order valence-corrected chi connectivity index (χ4v) is 6.10. The van der Waals surface area contributed by atoms with Crippen LogP contribution in [0.2, 0.25) is 0 Å². The summed E-state index contributed by atoms with van der Waals surface area (Å²) in [5.41, 5.74) is -1.13. The number of benzene rings is 3. The molecule has 0 amide bonds. The summed E-state index contributed by atoms with van der Waals surface area (Å²) in [7, 11) is 0. The Bertz CT molecular complexity index is 1740. The number of fused-ring (bicyclic) bond motifs is 3. The van der Waals surface area contributed by atoms with E-state index >= 15 is 4.39 Å². The number of hydrogen-bond donors (Lipinski definition) is 1. The van der Waals surface area contributed by atoms with Crippen LogP contribution in [-0.4, -0.2) is 21.1 Å². The average molecular weight is 802 g/mol. The van der Waals surface area contributed by atoms with E-state index in [0.717, 1.165) is 35.8 Å². The molecule has 0 unspecified atom stereocenters. The first kappa shape index (κ1) is 35.3. The summed E-state index contributed by atoms with van der Waals surface area (Å²) in [6, 6.07) is 18.5. The largest absolute Gasteiger partial charge is 0.512 e. The number of halogens is 4. The average Bonchev–Trinajstić information content (AvgIpc) is 3.42. The molecule has 0 spiro atoms. The molecule has 4 nitrogen and oxygen atoms in total. The van der Waals surface area contributed by atoms with Gasteiger partial charge in [0.25, 0.3) is 0 Å². The van der Waals surface area contributed by atoms with Crippen LogP contribution in [0.3, 0.4) is 0 Å². The minimum absolute atomic E-state index is 0. The molecule has 0 fully saturated rings. The molecule has 44 heavy (non-hydrogen) atoms. The maximum atomic E-state index is 15.2. The van der Waals surface area contributed by atoms with Crippen molar-refractivity contribution in [3.63, 3.8) is 0 Å². The number of hydrogen-bond acceptors (Lipinski definition) is 5. The number of thiophene rings is 1. The zero-order chi connectivity index (χ0) is 31.3. The van der Waals surface area contributed by atoms with Gasteiger partial charge in [0.05, 0.1) is 5.76 Å². The number of aliphatic hydroxyl groups excluding tert-OH is 1. The van der Waals surface area contributed by atoms with Crippen molar-refractivity contribution in [3.05, 3.63) is 84.0 Å². The fraction of sp³-hybridized carbons (Fsp3) is 0.324. The molecule has 2 aromatic heterocycles. The Morgan fingerprint density at radius 1 is 0.932 bits per heavy atom. The van der Waals surface area contributed by atoms with Gasteiger partial charge in [0.15, 0.2) is 11.5 Å². The van der Waals surface area contributed by atoms with Crippen LogP contribution in [0.25, 0.3) is 42.2 Å². The molecule has 0 saturated carbocycles. The Morgan fingerprint density at radius 2 is 1.55 bits per heavy atom. The number of carbonyl (C=O) groups excluding carboxylic acids is 1. The van der Waals surface area contributed by atoms with Crippen LogP contribution in [-0.2, 0) is 31.1 Å². The first-order chi connectivity index (χ1) is 20.5. The van der Waals surface area contributed by atoms with Gasteiger partial charge < -0.3 is 5.11 Å². The van der Waals surface area contributed by atoms with Gasteiger partial charge in [-0.15, -0.1) is 23.6 Å². The Kier molecular flexibility index (Phi) is 12.2. The van der Waals surface area contributed by atoms with E-state index < -0.39 is 23.1 Å². The summed E-state index contributed by atoms with van der Waals surface area (Å²) in [6.45, 7) is 8.07. The minimum Gasteiger partial charge on any atom is -0.512 e. The van der Waals surface area contributed by atoms with E-state index in [4.69, 9.17) is 0 Å². The number of carbonyl (C=O) groups is 1. The van der Waals surface area contributed by atoms with Gasteiger partial charge >= 0.3 is 6.18 Å². The number of alkyl halides is 3. The van der Waals surface area contributed by atoms with Crippen LogP contribution in [0.5, 0.6) is 0 Å². The maximum Gasteiger partial charge on any atom is 0.435 e. The van der Waals surface area contributed by atoms with E-state index in [-0.39, 0.29) is 59.9 Å². The second-order valence-electron chi connectivity index (χ2n) is 10.3. The van der Waals surface area contributed by atoms with E-state index in [1.807, 2.05) is 52.0 Å². The molecule has 10 heteroatoms. The number of rotatable bonds is 8. The molecule has 0 saturated heterocycles. The van der Waals surface area contributed by atoms with Crippen LogP contribution in [0.15, 0.2) is 66.4 Å². The summed E-state index contributed by atoms with van der Waals surface area (Å²) in [5, 5.41) is 17.9. The SMILES string of the molecule is CCC(CC)C(=O)/C=C(\O)C(CC)CC.Fc1c2ccccc2cc2c(-c3[c-]c4ccccc4s3)nnc(C(F)(F)F)c12.[Ir]. The van der Waals surface area contributed by atoms with Crippen molar-refractivity contribution < 1.29 is 47.6 Å². The van der Waals surface area contributed by atoms with E-state index in [9.17, 15) is 23.1 Å². The van der Waals surface area contributed by atoms with Gasteiger partial charge in [-0.1, -0.05) is 70.2 Å². The fourth-order valence-electron chi connectivity index (χ4n) is 5.10. The molecule has 2 heterocycles. The van der Waals surface area contributed by atoms with Crippen molar-refractivity contribution in [2.75, 3.05) is 0 Å². The maximum absolute atomic E-state index is 15.2. The quantitative estimate of drug-likeness (QED) is 0.0558. The zero-order valence-electron chi connectivity index (χ0n) is 24.8. The minimum atomic E-state index is -4.82. The molecule has 0 aliphatic rings. The van der Waals surface area contributed by atoms with Crippen LogP contribution in [0, 0.1) is 23.7 Å². The predicted octanol–water partition coefficient (Wildman–Crippen LogP) is 10.5. The van der Waals surface area contributed by atoms with E-state index in [1.54, 1.807) is 18.2 Å². The summed E-state index contributed by atoms with van der Waals surface area (Å²) >= 11 is 1.33. The van der Waals surface area contributed by atoms with Crippen molar-refractivity contribution in [1.82, 2.24) is 10.2 Å². The molecule has 3 aromatic carbocycles. The molecule has 5 rings (SSSR count). The first-order valence-corrected chi connectivity index (χ1v) is 15.2. The molecule has 235 valence electrons. The van der Waals surface area contributed by atoms with Gasteiger partial charge in [0.1, 0.15) is 5.82 Å². The second kappa shape index (κ2) is 15.2. The Morgan fingerprint density at radius 3 is 2.16 bits per heavy atom. The summed E-state index contributed by atoms with van der Waals surface area (Å²) in [6.07, 6.45) is 0.0837. The monoisotopic (exact) mass is 802 g/mol. The summed E-state index contributed by atoms with van der Waals surface area (Å²) in [5.74, 6) is -0.399. The smallest absolute Gasteiger partial charge is 0.435 e. The van der Waals surface area contributed by atoms with Crippen molar-refractivity contribution in [2.24, 2.45) is 11.8 Å². The van der Waals surface area contributed by atoms with Crippen LogP contribution in [0.4, 0.5) is 17.6 Å². The molecular weight excluding hydrogens is 769 g/mol. The predicted molar refractivity (Wildman–Crippen MR) is 166 cm³/mol. The topological polar surface area (TPSA) is 63.1 Å². The Labute approximate surface area is 271 Å². The van der Waals surface area contributed by atoms with Crippen LogP contribution >= 0.6 is 11.3 Å². The Hall–Kier alpha value is -3.20. The van der Waals surface area contributed by atoms with Gasteiger partial charge in [-0.25, -0.2) is 15.7 Å². The molecule has 5 aromatic rings. The van der Waals surface area contributed by atoms with Gasteiger partial charge in [0, 0.05) is 54.5 Å². The standard InChI is InChI=1S/C21H9F4N2S.C13H24O2.Ir/c22-18-13-7-3-1-5-11(13)9-14-17(18)20(21(23,24)25)27-26-19(14)16-10-12-6-2-4-8-15(12)28-16;1-5-10(6-2)12(14)9-13(15)11(7-3)8-4;/h1-9H;9-11,14H,5-8H2,1-4H3;/q-1;;/b;12-9-;. The summed E-state index contributed by atoms with van der Waals surface area (Å²) < 4.78 is 56.7. The number of aromatic nitrogens is 2. The molecule has 0 bridgehead atoms. The van der Waals surface area contributed by atoms with Crippen molar-refractivity contribution in [3.8, 4) is 10.6 Å². The zero-order valence-corrected chi connectivity index (χ0v) is 28.0. The number of ketones is 1. The van der Waals surface area contributed by atoms with Crippen molar-refractivity contribution in [2.45, 2.75) is 59.6 Å². The van der Waals surface area contributed by atoms with Crippen LogP contribution in [0.1, 0.15) is 59.1 Å². The second-order valence-corrected chi connectivity index (χ2v) is 11.3. The number of allylic oxidation sites excluding steroid dienone is 2. The van der Waals surface area contributed by atoms with E-state index in [2.05, 4.69) is 16.3 Å². The van der Waals surface area contributed by atoms with E-state index in [0.29, 0.717) is 10.3 Å². The van der Waals surface area contributed by atoms with Crippen LogP contribution < -0.4 is 0 Å². The third kappa shape index (κ3) is 7.53. The third-order valence-corrected chi connectivity index (χ3v) is 8.72. The van der Waals surface area contributed by atoms with Crippen molar-refractivity contribution >= 4 is 48.8 Å². The van der Waals surface area contributed by atoms with Crippen molar-refractivity contribution in [1.29, 1.82) is 0 Å². The van der Waals surface area contributed by atoms with Gasteiger partial charge in [0.2, 0.25) is 0 Å². The van der Waals surface area contributed by atoms with E-state index in [1.165, 1.54) is 29.5 Å². The van der Waals surface area contributed by atoms with Gasteiger partial charge in [-0.3, -0.25) is 4.79 Å². The molecule has 0 atom stereocenters. The number of nitrogens with zero attached hydrogens (tertiary/aromatic N) is 2. The van der Waals surface area contributed by atoms with Gasteiger partial charge in [-0.05, 0) is 46.0 Å². The molecular formula is C34H33F4IrN2O2S-. The molecule has 1 N–H and O–H groups in total. The summed E-state index contributed by atoms with van der Waals surface area (Å²) in [4.78, 5) is 12.2. The van der Waals surface area contributed by atoms with Gasteiger partial charge in [-0.2, -0.15) is 23.4 Å². The normalized spacial score (nSPS) is 12.1. The third-order valence-electron chi connectivity index (χ3n) is 7.64. The number of aliphatic hydroxyl groups is 1.